The van der Waals surface area contributed by atoms with Gasteiger partial charge in [-0.15, -0.1) is 0 Å². The molecule has 1 aromatic carbocycles. The molecule has 0 bridgehead atoms. The van der Waals surface area contributed by atoms with E-state index in [0.717, 1.165) is 12.6 Å². The summed E-state index contributed by atoms with van der Waals surface area (Å²) in [4.78, 5) is 7.08. The molecule has 0 unspecified atom stereocenters. The van der Waals surface area contributed by atoms with Crippen molar-refractivity contribution in [1.29, 1.82) is 5.26 Å². The molecule has 1 fully saturated rings. The molecule has 0 radical (unpaired) electrons. The van der Waals surface area contributed by atoms with Crippen molar-refractivity contribution in [2.75, 3.05) is 13.3 Å². The zero-order chi connectivity index (χ0) is 24.5. The van der Waals surface area contributed by atoms with Crippen LogP contribution in [-0.2, 0) is 15.4 Å². The van der Waals surface area contributed by atoms with Gasteiger partial charge in [0.15, 0.2) is 0 Å². The van der Waals surface area contributed by atoms with Gasteiger partial charge >= 0.3 is 6.61 Å². The second kappa shape index (κ2) is 9.23. The quantitative estimate of drug-likeness (QED) is 0.428. The van der Waals surface area contributed by atoms with Crippen molar-refractivity contribution in [1.82, 2.24) is 14.7 Å². The van der Waals surface area contributed by atoms with E-state index < -0.39 is 41.4 Å². The van der Waals surface area contributed by atoms with Crippen LogP contribution in [0.2, 0.25) is 0 Å². The van der Waals surface area contributed by atoms with Gasteiger partial charge < -0.3 is 9.72 Å². The normalized spacial score (nSPS) is 15.4. The monoisotopic (exact) mass is 496 g/mol. The van der Waals surface area contributed by atoms with E-state index >= 15 is 0 Å². The van der Waals surface area contributed by atoms with Crippen molar-refractivity contribution in [2.45, 2.75) is 42.2 Å². The zero-order valence-electron chi connectivity index (χ0n) is 17.7. The third kappa shape index (κ3) is 4.33. The van der Waals surface area contributed by atoms with Gasteiger partial charge in [-0.05, 0) is 49.6 Å². The molecule has 2 heterocycles. The summed E-state index contributed by atoms with van der Waals surface area (Å²) in [5, 5.41) is 10.5. The molecule has 0 saturated heterocycles. The highest BCUT2D eigenvalue weighted by Gasteiger charge is 2.43. The molecular formula is C22H20F4N4O3S. The predicted molar refractivity (Wildman–Crippen MR) is 115 cm³/mol. The number of aromatic nitrogens is 2. The highest BCUT2D eigenvalue weighted by atomic mass is 32.2. The van der Waals surface area contributed by atoms with Crippen LogP contribution in [0.3, 0.4) is 0 Å². The lowest BCUT2D eigenvalue weighted by molar-refractivity contribution is -0.0497. The lowest BCUT2D eigenvalue weighted by atomic mass is 9.64. The lowest BCUT2D eigenvalue weighted by Crippen LogP contribution is -2.37. The minimum absolute atomic E-state index is 0.0579. The summed E-state index contributed by atoms with van der Waals surface area (Å²) in [5.74, 6) is -0.0579. The maximum atomic E-state index is 12.8. The third-order valence-electron chi connectivity index (χ3n) is 5.89. The number of nitrogens with zero attached hydrogens (tertiary/aromatic N) is 2. The summed E-state index contributed by atoms with van der Waals surface area (Å²) in [6.45, 7) is -5.41. The molecule has 180 valence electrons. The molecule has 4 rings (SSSR count). The number of aromatic amines is 1. The lowest BCUT2D eigenvalue weighted by Gasteiger charge is -2.36. The molecule has 1 aliphatic carbocycles. The first-order chi connectivity index (χ1) is 16.2. The topological polar surface area (TPSA) is 108 Å². The second-order valence-corrected chi connectivity index (χ2v) is 9.73. The Balaban J connectivity index is 1.79. The van der Waals surface area contributed by atoms with Crippen LogP contribution in [0.4, 0.5) is 17.6 Å². The Morgan fingerprint density at radius 2 is 1.94 bits per heavy atom. The Hall–Kier alpha value is -3.17. The molecule has 2 aromatic heterocycles. The number of ether oxygens (including phenoxy) is 1. The highest BCUT2D eigenvalue weighted by molar-refractivity contribution is 7.89. The highest BCUT2D eigenvalue weighted by Crippen LogP contribution is 2.49. The van der Waals surface area contributed by atoms with Crippen LogP contribution >= 0.6 is 0 Å². The number of alkyl halides is 4. The van der Waals surface area contributed by atoms with Gasteiger partial charge in [0.2, 0.25) is 10.0 Å². The predicted octanol–water partition coefficient (Wildman–Crippen LogP) is 4.36. The molecule has 0 amide bonds. The van der Waals surface area contributed by atoms with Crippen LogP contribution in [0.5, 0.6) is 5.75 Å². The fraction of sp³-hybridized carbons (Fsp3) is 0.364. The van der Waals surface area contributed by atoms with E-state index in [1.807, 2.05) is 4.72 Å². The molecular weight excluding hydrogens is 476 g/mol. The number of fused-ring (bicyclic) bond motifs is 1. The van der Waals surface area contributed by atoms with Gasteiger partial charge in [-0.25, -0.2) is 21.9 Å². The van der Waals surface area contributed by atoms with Crippen LogP contribution in [0.25, 0.3) is 22.3 Å². The second-order valence-electron chi connectivity index (χ2n) is 8.01. The van der Waals surface area contributed by atoms with Crippen molar-refractivity contribution in [3.05, 3.63) is 42.1 Å². The Labute approximate surface area is 192 Å². The molecule has 34 heavy (non-hydrogen) atoms. The van der Waals surface area contributed by atoms with E-state index in [2.05, 4.69) is 20.8 Å². The summed E-state index contributed by atoms with van der Waals surface area (Å²) in [6, 6.07) is 7.85. The smallest absolute Gasteiger partial charge is 0.387 e. The van der Waals surface area contributed by atoms with E-state index in [0.29, 0.717) is 40.7 Å². The first-order valence-electron chi connectivity index (χ1n) is 10.4. The first kappa shape index (κ1) is 24.0. The Bertz CT molecular complexity index is 1330. The summed E-state index contributed by atoms with van der Waals surface area (Å²) in [5.41, 5.74) is 1.05. The van der Waals surface area contributed by atoms with Gasteiger partial charge in [0.05, 0.1) is 28.9 Å². The number of nitriles is 1. The third-order valence-corrected chi connectivity index (χ3v) is 7.40. The zero-order valence-corrected chi connectivity index (χ0v) is 18.5. The number of H-pyrrole nitrogens is 1. The number of hydrogen-bond donors (Lipinski definition) is 2. The summed E-state index contributed by atoms with van der Waals surface area (Å²) >= 11 is 0. The fourth-order valence-electron chi connectivity index (χ4n) is 4.06. The van der Waals surface area contributed by atoms with E-state index in [4.69, 9.17) is 0 Å². The summed E-state index contributed by atoms with van der Waals surface area (Å²) in [6.07, 6.45) is 2.99. The molecule has 1 aliphatic rings. The molecule has 12 heteroatoms. The van der Waals surface area contributed by atoms with Crippen molar-refractivity contribution in [2.24, 2.45) is 0 Å². The standard InChI is InChI=1S/C22H20F4N4O3S/c23-9-13(10-24)30-34(31,32)15-3-5-18(28-11-15)20-19(22(12-27)6-1-7-22)16-8-14(33-21(25)26)2-4-17(16)29-20/h2-5,8,11,13,21,29-30H,1,6-7,9-10H2. The van der Waals surface area contributed by atoms with Crippen molar-refractivity contribution in [3.63, 3.8) is 0 Å². The van der Waals surface area contributed by atoms with Gasteiger partial charge in [-0.3, -0.25) is 4.98 Å². The van der Waals surface area contributed by atoms with E-state index in [1.54, 1.807) is 6.07 Å². The Morgan fingerprint density at radius 1 is 1.21 bits per heavy atom. The molecule has 3 aromatic rings. The maximum Gasteiger partial charge on any atom is 0.387 e. The van der Waals surface area contributed by atoms with Crippen LogP contribution < -0.4 is 9.46 Å². The molecule has 0 aliphatic heterocycles. The van der Waals surface area contributed by atoms with E-state index in [9.17, 15) is 31.2 Å². The van der Waals surface area contributed by atoms with Crippen LogP contribution in [0, 0.1) is 11.3 Å². The van der Waals surface area contributed by atoms with Crippen molar-refractivity contribution in [3.8, 4) is 23.2 Å². The number of sulfonamides is 1. The maximum absolute atomic E-state index is 12.8. The number of nitrogens with one attached hydrogen (secondary N) is 2. The fourth-order valence-corrected chi connectivity index (χ4v) is 5.20. The van der Waals surface area contributed by atoms with Crippen molar-refractivity contribution >= 4 is 20.9 Å². The number of pyridine rings is 1. The molecule has 0 atom stereocenters. The van der Waals surface area contributed by atoms with Crippen LogP contribution in [0.1, 0.15) is 24.8 Å². The average Bonchev–Trinajstić information content (AvgIpc) is 3.16. The SMILES string of the molecule is N#CC1(c2c(-c3ccc(S(=O)(=O)NC(CF)CF)cn3)[nH]c3ccc(OC(F)F)cc23)CCC1. The van der Waals surface area contributed by atoms with Gasteiger partial charge in [-0.1, -0.05) is 0 Å². The van der Waals surface area contributed by atoms with Gasteiger partial charge in [0.1, 0.15) is 24.0 Å². The van der Waals surface area contributed by atoms with Gasteiger partial charge in [-0.2, -0.15) is 14.0 Å². The van der Waals surface area contributed by atoms with Gasteiger partial charge in [0.25, 0.3) is 0 Å². The summed E-state index contributed by atoms with van der Waals surface area (Å²) in [7, 11) is -4.20. The number of hydrogen-bond acceptors (Lipinski definition) is 5. The Kier molecular flexibility index (Phi) is 6.51. The average molecular weight is 496 g/mol. The molecule has 0 spiro atoms. The number of halogens is 4. The van der Waals surface area contributed by atoms with Gasteiger partial charge in [0, 0.05) is 22.7 Å². The molecule has 7 nitrogen and oxygen atoms in total. The van der Waals surface area contributed by atoms with E-state index in [1.165, 1.54) is 24.3 Å². The molecule has 2 N–H and O–H groups in total. The Morgan fingerprint density at radius 3 is 2.47 bits per heavy atom. The van der Waals surface area contributed by atoms with Crippen LogP contribution in [0.15, 0.2) is 41.4 Å². The summed E-state index contributed by atoms with van der Waals surface area (Å²) < 4.78 is 82.2. The minimum Gasteiger partial charge on any atom is -0.435 e. The first-order valence-corrected chi connectivity index (χ1v) is 11.8. The van der Waals surface area contributed by atoms with E-state index in [-0.39, 0.29) is 10.6 Å². The number of benzene rings is 1. The van der Waals surface area contributed by atoms with Crippen molar-refractivity contribution < 1.29 is 30.7 Å². The molecule has 1 saturated carbocycles. The minimum atomic E-state index is -4.20. The number of rotatable bonds is 9. The largest absolute Gasteiger partial charge is 0.435 e. The van der Waals surface area contributed by atoms with Crippen LogP contribution in [-0.4, -0.2) is 44.4 Å².